The van der Waals surface area contributed by atoms with E-state index >= 15 is 0 Å². The van der Waals surface area contributed by atoms with E-state index in [1.807, 2.05) is 6.07 Å². The summed E-state index contributed by atoms with van der Waals surface area (Å²) in [6, 6.07) is 10.8. The summed E-state index contributed by atoms with van der Waals surface area (Å²) in [6.45, 7) is 1.76. The summed E-state index contributed by atoms with van der Waals surface area (Å²) in [5.41, 5.74) is 1.49. The third-order valence-electron chi connectivity index (χ3n) is 3.23. The number of carbonyl (C=O) groups is 1. The van der Waals surface area contributed by atoms with E-state index in [0.717, 1.165) is 17.0 Å². The maximum absolute atomic E-state index is 12.1. The molecule has 3 rings (SSSR count). The molecule has 0 unspecified atom stereocenters. The molecule has 128 valence electrons. The monoisotopic (exact) mass is 356 g/mol. The highest BCUT2D eigenvalue weighted by Gasteiger charge is 2.09. The average molecular weight is 356 g/mol. The number of nitrogens with one attached hydrogen (secondary N) is 1. The topological polar surface area (TPSA) is 90.1 Å². The summed E-state index contributed by atoms with van der Waals surface area (Å²) in [7, 11) is 1.60. The molecule has 0 atom stereocenters. The van der Waals surface area contributed by atoms with Crippen LogP contribution >= 0.6 is 11.8 Å². The number of ether oxygens (including phenoxy) is 1. The number of nitrogens with zero attached hydrogens (tertiary/aromatic N) is 3. The van der Waals surface area contributed by atoms with Gasteiger partial charge < -0.3 is 14.6 Å². The van der Waals surface area contributed by atoms with E-state index in [1.165, 1.54) is 11.8 Å². The van der Waals surface area contributed by atoms with Gasteiger partial charge in [0.05, 0.1) is 17.9 Å². The molecule has 0 saturated heterocycles. The van der Waals surface area contributed by atoms with Crippen LogP contribution in [-0.4, -0.2) is 33.9 Å². The van der Waals surface area contributed by atoms with Crippen LogP contribution in [0.1, 0.15) is 5.82 Å². The third-order valence-corrected chi connectivity index (χ3v) is 4.16. The number of rotatable bonds is 6. The Kier molecular flexibility index (Phi) is 5.30. The van der Waals surface area contributed by atoms with Crippen molar-refractivity contribution in [2.45, 2.75) is 11.9 Å². The Labute approximate surface area is 148 Å². The van der Waals surface area contributed by atoms with Crippen molar-refractivity contribution >= 4 is 23.4 Å². The van der Waals surface area contributed by atoms with Gasteiger partial charge in [0.15, 0.2) is 5.82 Å². The number of carbonyl (C=O) groups excluding carboxylic acids is 1. The maximum Gasteiger partial charge on any atom is 0.258 e. The molecule has 2 aromatic heterocycles. The Balaban J connectivity index is 1.58. The van der Waals surface area contributed by atoms with Gasteiger partial charge in [-0.3, -0.25) is 4.79 Å². The van der Waals surface area contributed by atoms with Crippen LogP contribution in [0.2, 0.25) is 0 Å². The van der Waals surface area contributed by atoms with Crippen LogP contribution < -0.4 is 10.1 Å². The first-order valence-corrected chi connectivity index (χ1v) is 8.46. The lowest BCUT2D eigenvalue weighted by Gasteiger charge is -2.06. The Morgan fingerprint density at radius 1 is 1.28 bits per heavy atom. The molecule has 0 aliphatic heterocycles. The predicted octanol–water partition coefficient (Wildman–Crippen LogP) is 3.18. The van der Waals surface area contributed by atoms with Gasteiger partial charge in [-0.2, -0.15) is 4.98 Å². The fourth-order valence-corrected chi connectivity index (χ4v) is 2.74. The average Bonchev–Trinajstić information content (AvgIpc) is 3.07. The molecule has 0 bridgehead atoms. The SMILES string of the molecule is COc1ccc(NC(=O)CSc2cc(-c3nc(C)no3)ccn2)cc1. The van der Waals surface area contributed by atoms with Gasteiger partial charge in [0.1, 0.15) is 5.75 Å². The van der Waals surface area contributed by atoms with Gasteiger partial charge in [-0.1, -0.05) is 16.9 Å². The van der Waals surface area contributed by atoms with E-state index in [4.69, 9.17) is 9.26 Å². The van der Waals surface area contributed by atoms with E-state index in [2.05, 4.69) is 20.4 Å². The van der Waals surface area contributed by atoms with Crippen molar-refractivity contribution in [2.24, 2.45) is 0 Å². The summed E-state index contributed by atoms with van der Waals surface area (Å²) in [6.07, 6.45) is 1.65. The molecule has 8 heteroatoms. The Morgan fingerprint density at radius 2 is 2.08 bits per heavy atom. The molecule has 0 saturated carbocycles. The van der Waals surface area contributed by atoms with Gasteiger partial charge in [0, 0.05) is 17.4 Å². The Bertz CT molecular complexity index is 864. The molecule has 0 aliphatic carbocycles. The zero-order valence-corrected chi connectivity index (χ0v) is 14.5. The number of thioether (sulfide) groups is 1. The quantitative estimate of drug-likeness (QED) is 0.678. The van der Waals surface area contributed by atoms with E-state index < -0.39 is 0 Å². The number of hydrogen-bond donors (Lipinski definition) is 1. The molecular formula is C17H16N4O3S. The molecule has 0 fully saturated rings. The van der Waals surface area contributed by atoms with Crippen LogP contribution in [0.4, 0.5) is 5.69 Å². The fraction of sp³-hybridized carbons (Fsp3) is 0.176. The van der Waals surface area contributed by atoms with Crippen LogP contribution in [0.5, 0.6) is 5.75 Å². The minimum Gasteiger partial charge on any atom is -0.497 e. The highest BCUT2D eigenvalue weighted by molar-refractivity contribution is 7.99. The molecule has 3 aromatic rings. The van der Waals surface area contributed by atoms with Gasteiger partial charge in [-0.15, -0.1) is 0 Å². The van der Waals surface area contributed by atoms with Crippen LogP contribution in [0.3, 0.4) is 0 Å². The van der Waals surface area contributed by atoms with Crippen molar-refractivity contribution in [2.75, 3.05) is 18.2 Å². The van der Waals surface area contributed by atoms with Crippen LogP contribution in [-0.2, 0) is 4.79 Å². The second kappa shape index (κ2) is 7.80. The normalized spacial score (nSPS) is 10.5. The van der Waals surface area contributed by atoms with Gasteiger partial charge in [-0.25, -0.2) is 4.98 Å². The zero-order chi connectivity index (χ0) is 17.6. The lowest BCUT2D eigenvalue weighted by atomic mass is 10.3. The van der Waals surface area contributed by atoms with Gasteiger partial charge in [-0.05, 0) is 43.3 Å². The number of pyridine rings is 1. The molecule has 0 aliphatic rings. The number of benzene rings is 1. The van der Waals surface area contributed by atoms with E-state index in [0.29, 0.717) is 16.7 Å². The number of aromatic nitrogens is 3. The second-order valence-corrected chi connectivity index (χ2v) is 6.09. The molecular weight excluding hydrogens is 340 g/mol. The molecule has 0 radical (unpaired) electrons. The highest BCUT2D eigenvalue weighted by Crippen LogP contribution is 2.23. The maximum atomic E-state index is 12.1. The molecule has 1 N–H and O–H groups in total. The van der Waals surface area contributed by atoms with Gasteiger partial charge in [0.2, 0.25) is 5.91 Å². The summed E-state index contributed by atoms with van der Waals surface area (Å²) < 4.78 is 10.2. The fourth-order valence-electron chi connectivity index (χ4n) is 2.05. The van der Waals surface area contributed by atoms with Crippen molar-refractivity contribution in [1.82, 2.24) is 15.1 Å². The summed E-state index contributed by atoms with van der Waals surface area (Å²) in [5, 5.41) is 7.31. The second-order valence-electron chi connectivity index (χ2n) is 5.09. The van der Waals surface area contributed by atoms with Crippen molar-refractivity contribution in [1.29, 1.82) is 0 Å². The summed E-state index contributed by atoms with van der Waals surface area (Å²) >= 11 is 1.33. The lowest BCUT2D eigenvalue weighted by molar-refractivity contribution is -0.113. The van der Waals surface area contributed by atoms with E-state index in [9.17, 15) is 4.79 Å². The number of amides is 1. The molecule has 1 aromatic carbocycles. The van der Waals surface area contributed by atoms with E-state index in [1.54, 1.807) is 50.6 Å². The predicted molar refractivity (Wildman–Crippen MR) is 94.6 cm³/mol. The summed E-state index contributed by atoms with van der Waals surface area (Å²) in [5.74, 6) is 1.87. The number of methoxy groups -OCH3 is 1. The molecule has 0 spiro atoms. The van der Waals surface area contributed by atoms with Crippen molar-refractivity contribution in [3.05, 3.63) is 48.4 Å². The molecule has 2 heterocycles. The third kappa shape index (κ3) is 4.57. The largest absolute Gasteiger partial charge is 0.497 e. The molecule has 7 nitrogen and oxygen atoms in total. The van der Waals surface area contributed by atoms with Gasteiger partial charge in [0.25, 0.3) is 5.89 Å². The van der Waals surface area contributed by atoms with Gasteiger partial charge >= 0.3 is 0 Å². The summed E-state index contributed by atoms with van der Waals surface area (Å²) in [4.78, 5) is 20.5. The minimum atomic E-state index is -0.115. The van der Waals surface area contributed by atoms with Crippen molar-refractivity contribution in [3.63, 3.8) is 0 Å². The Morgan fingerprint density at radius 3 is 2.76 bits per heavy atom. The smallest absolute Gasteiger partial charge is 0.258 e. The highest BCUT2D eigenvalue weighted by atomic mass is 32.2. The van der Waals surface area contributed by atoms with Crippen LogP contribution in [0.15, 0.2) is 52.1 Å². The number of anilines is 1. The van der Waals surface area contributed by atoms with Crippen molar-refractivity contribution < 1.29 is 14.1 Å². The first-order valence-electron chi connectivity index (χ1n) is 7.47. The van der Waals surface area contributed by atoms with Crippen LogP contribution in [0.25, 0.3) is 11.5 Å². The first kappa shape index (κ1) is 17.0. The van der Waals surface area contributed by atoms with E-state index in [-0.39, 0.29) is 11.7 Å². The lowest BCUT2D eigenvalue weighted by Crippen LogP contribution is -2.14. The number of hydrogen-bond acceptors (Lipinski definition) is 7. The zero-order valence-electron chi connectivity index (χ0n) is 13.7. The van der Waals surface area contributed by atoms with Crippen LogP contribution in [0, 0.1) is 6.92 Å². The first-order chi connectivity index (χ1) is 12.1. The molecule has 25 heavy (non-hydrogen) atoms. The number of aryl methyl sites for hydroxylation is 1. The Hall–Kier alpha value is -2.87. The minimum absolute atomic E-state index is 0.115. The standard InChI is InChI=1S/C17H16N4O3S/c1-11-19-17(24-21-11)12-7-8-18-16(9-12)25-10-15(22)20-13-3-5-14(23-2)6-4-13/h3-9H,10H2,1-2H3,(H,20,22). The van der Waals surface area contributed by atoms with Crippen molar-refractivity contribution in [3.8, 4) is 17.2 Å². The molecule has 1 amide bonds.